The summed E-state index contributed by atoms with van der Waals surface area (Å²) in [6.07, 6.45) is 0.717. The van der Waals surface area contributed by atoms with Crippen LogP contribution in [0.2, 0.25) is 0 Å². The Morgan fingerprint density at radius 3 is 1.68 bits per heavy atom. The van der Waals surface area contributed by atoms with Gasteiger partial charge in [0, 0.05) is 10.8 Å². The van der Waals surface area contributed by atoms with E-state index in [1.807, 2.05) is 13.0 Å². The molecule has 0 bridgehead atoms. The van der Waals surface area contributed by atoms with E-state index in [-0.39, 0.29) is 16.6 Å². The Morgan fingerprint density at radius 1 is 0.774 bits per heavy atom. The topological polar surface area (TPSA) is 42.2 Å². The minimum Gasteiger partial charge on any atom is -0.505 e. The van der Waals surface area contributed by atoms with Gasteiger partial charge in [0.15, 0.2) is 6.29 Å². The van der Waals surface area contributed by atoms with Crippen LogP contribution in [0.25, 0.3) is 27.5 Å². The molecule has 160 valence electrons. The molecule has 31 heavy (non-hydrogen) atoms. The Hall–Kier alpha value is -3.07. The highest BCUT2D eigenvalue weighted by molar-refractivity contribution is 6.10. The first-order chi connectivity index (χ1) is 14.4. The third-order valence-corrected chi connectivity index (χ3v) is 6.13. The summed E-state index contributed by atoms with van der Waals surface area (Å²) in [6.45, 7) is 15.3. The van der Waals surface area contributed by atoms with Crippen LogP contribution in [0, 0.1) is 6.92 Å². The Bertz CT molecular complexity index is 1260. The number of phenols is 1. The fourth-order valence-corrected chi connectivity index (χ4v) is 4.26. The summed E-state index contributed by atoms with van der Waals surface area (Å²) < 4.78 is 2.08. The van der Waals surface area contributed by atoms with Crippen LogP contribution < -0.4 is 0 Å². The van der Waals surface area contributed by atoms with Crippen LogP contribution >= 0.6 is 0 Å². The van der Waals surface area contributed by atoms with Crippen LogP contribution in [0.4, 0.5) is 0 Å². The number of benzene rings is 3. The van der Waals surface area contributed by atoms with Crippen molar-refractivity contribution in [1.29, 1.82) is 0 Å². The van der Waals surface area contributed by atoms with Crippen molar-refractivity contribution in [3.63, 3.8) is 0 Å². The molecule has 3 nitrogen and oxygen atoms in total. The molecule has 1 heterocycles. The Balaban J connectivity index is 2.18. The number of aromatic nitrogens is 1. The zero-order valence-corrected chi connectivity index (χ0v) is 19.5. The van der Waals surface area contributed by atoms with Crippen molar-refractivity contribution in [3.8, 4) is 11.4 Å². The maximum absolute atomic E-state index is 11.6. The summed E-state index contributed by atoms with van der Waals surface area (Å²) in [5, 5.41) is 13.2. The van der Waals surface area contributed by atoms with E-state index in [0.29, 0.717) is 11.3 Å². The Morgan fingerprint density at radius 2 is 1.26 bits per heavy atom. The lowest BCUT2D eigenvalue weighted by Gasteiger charge is -2.19. The molecule has 0 saturated carbocycles. The second kappa shape index (κ2) is 6.98. The maximum atomic E-state index is 11.6. The Kier molecular flexibility index (Phi) is 4.77. The van der Waals surface area contributed by atoms with Gasteiger partial charge in [-0.25, -0.2) is 0 Å². The average molecular weight is 414 g/mol. The van der Waals surface area contributed by atoms with E-state index >= 15 is 0 Å². The molecule has 0 amide bonds. The maximum Gasteiger partial charge on any atom is 0.153 e. The third-order valence-electron chi connectivity index (χ3n) is 6.13. The lowest BCUT2D eigenvalue weighted by molar-refractivity contribution is 0.112. The minimum absolute atomic E-state index is 0.0131. The van der Waals surface area contributed by atoms with Gasteiger partial charge in [-0.05, 0) is 70.8 Å². The highest BCUT2D eigenvalue weighted by Crippen LogP contribution is 2.39. The van der Waals surface area contributed by atoms with Gasteiger partial charge in [0.1, 0.15) is 5.75 Å². The van der Waals surface area contributed by atoms with E-state index in [2.05, 4.69) is 82.5 Å². The highest BCUT2D eigenvalue weighted by atomic mass is 16.3. The number of aromatic hydroxyl groups is 1. The van der Waals surface area contributed by atoms with E-state index in [9.17, 15) is 9.90 Å². The fraction of sp³-hybridized carbons (Fsp3) is 0.321. The first kappa shape index (κ1) is 21.2. The monoisotopic (exact) mass is 413 g/mol. The van der Waals surface area contributed by atoms with Gasteiger partial charge in [-0.1, -0.05) is 53.7 Å². The van der Waals surface area contributed by atoms with Gasteiger partial charge in [0.05, 0.1) is 22.3 Å². The van der Waals surface area contributed by atoms with Gasteiger partial charge in [-0.3, -0.25) is 4.79 Å². The number of rotatable bonds is 2. The molecule has 0 spiro atoms. The number of fused-ring (bicyclic) bond motifs is 3. The Labute approximate surface area is 184 Å². The molecular formula is C28H31NO2. The van der Waals surface area contributed by atoms with Crippen molar-refractivity contribution in [2.45, 2.75) is 59.3 Å². The largest absolute Gasteiger partial charge is 0.505 e. The highest BCUT2D eigenvalue weighted by Gasteiger charge is 2.22. The number of carbonyl (C=O) groups is 1. The first-order valence-electron chi connectivity index (χ1n) is 10.8. The van der Waals surface area contributed by atoms with E-state index < -0.39 is 0 Å². The van der Waals surface area contributed by atoms with E-state index in [1.54, 1.807) is 6.07 Å². The lowest BCUT2D eigenvalue weighted by Crippen LogP contribution is -2.10. The van der Waals surface area contributed by atoms with Gasteiger partial charge in [-0.2, -0.15) is 0 Å². The SMILES string of the molecule is Cc1cc(C=O)c(O)c(-n2c3ccc(C(C)(C)C)cc3c3cc(C(C)(C)C)ccc32)c1. The summed E-state index contributed by atoms with van der Waals surface area (Å²) in [5.74, 6) is 0.0131. The second-order valence-corrected chi connectivity index (χ2v) is 10.6. The fourth-order valence-electron chi connectivity index (χ4n) is 4.26. The molecule has 3 aromatic carbocycles. The van der Waals surface area contributed by atoms with Gasteiger partial charge in [-0.15, -0.1) is 0 Å². The molecule has 4 aromatic rings. The van der Waals surface area contributed by atoms with Crippen LogP contribution in [0.15, 0.2) is 48.5 Å². The third kappa shape index (κ3) is 3.52. The van der Waals surface area contributed by atoms with Crippen molar-refractivity contribution in [2.24, 2.45) is 0 Å². The van der Waals surface area contributed by atoms with E-state index in [4.69, 9.17) is 0 Å². The average Bonchev–Trinajstić information content (AvgIpc) is 3.01. The van der Waals surface area contributed by atoms with E-state index in [0.717, 1.165) is 33.7 Å². The molecule has 0 aliphatic carbocycles. The quantitative estimate of drug-likeness (QED) is 0.353. The van der Waals surface area contributed by atoms with Crippen LogP contribution in [-0.4, -0.2) is 16.0 Å². The molecular weight excluding hydrogens is 382 g/mol. The zero-order valence-electron chi connectivity index (χ0n) is 19.5. The van der Waals surface area contributed by atoms with Crippen molar-refractivity contribution < 1.29 is 9.90 Å². The smallest absolute Gasteiger partial charge is 0.153 e. The standard InChI is InChI=1S/C28H31NO2/c1-17-12-18(16-30)26(31)25(13-17)29-23-10-8-19(27(2,3)4)14-21(23)22-15-20(28(5,6)7)9-11-24(22)29/h8-16,31H,1-7H3. The molecule has 0 aliphatic heterocycles. The van der Waals surface area contributed by atoms with Gasteiger partial charge in [0.25, 0.3) is 0 Å². The summed E-state index contributed by atoms with van der Waals surface area (Å²) in [5.41, 5.74) is 6.50. The molecule has 1 N–H and O–H groups in total. The minimum atomic E-state index is 0.0131. The summed E-state index contributed by atoms with van der Waals surface area (Å²) in [7, 11) is 0. The number of aryl methyl sites for hydroxylation is 1. The van der Waals surface area contributed by atoms with Crippen LogP contribution in [0.5, 0.6) is 5.75 Å². The number of hydrogen-bond acceptors (Lipinski definition) is 2. The number of aldehydes is 1. The van der Waals surface area contributed by atoms with Gasteiger partial charge >= 0.3 is 0 Å². The normalized spacial score (nSPS) is 12.6. The summed E-state index contributed by atoms with van der Waals surface area (Å²) in [4.78, 5) is 11.6. The van der Waals surface area contributed by atoms with Crippen molar-refractivity contribution in [1.82, 2.24) is 4.57 Å². The number of phenolic OH excluding ortho intramolecular Hbond substituents is 1. The molecule has 0 aliphatic rings. The molecule has 4 rings (SSSR count). The van der Waals surface area contributed by atoms with Crippen LogP contribution in [-0.2, 0) is 10.8 Å². The van der Waals surface area contributed by atoms with Crippen molar-refractivity contribution in [2.75, 3.05) is 0 Å². The number of hydrogen-bond donors (Lipinski definition) is 1. The molecule has 0 unspecified atom stereocenters. The molecule has 0 radical (unpaired) electrons. The zero-order chi connectivity index (χ0) is 22.7. The van der Waals surface area contributed by atoms with Crippen molar-refractivity contribution >= 4 is 28.1 Å². The second-order valence-electron chi connectivity index (χ2n) is 10.6. The predicted octanol–water partition coefficient (Wildman–Crippen LogP) is 7.21. The van der Waals surface area contributed by atoms with E-state index in [1.165, 1.54) is 11.1 Å². The summed E-state index contributed by atoms with van der Waals surface area (Å²) in [6, 6.07) is 16.8. The van der Waals surface area contributed by atoms with Crippen molar-refractivity contribution in [3.05, 3.63) is 70.8 Å². The molecule has 1 aromatic heterocycles. The predicted molar refractivity (Wildman–Crippen MR) is 130 cm³/mol. The first-order valence-corrected chi connectivity index (χ1v) is 10.8. The van der Waals surface area contributed by atoms with Crippen LogP contribution in [0.1, 0.15) is 68.6 Å². The number of nitrogens with zero attached hydrogens (tertiary/aromatic N) is 1. The molecule has 0 saturated heterocycles. The molecule has 0 atom stereocenters. The van der Waals surface area contributed by atoms with Gasteiger partial charge in [0.2, 0.25) is 0 Å². The molecule has 0 fully saturated rings. The van der Waals surface area contributed by atoms with Crippen LogP contribution in [0.3, 0.4) is 0 Å². The summed E-state index contributed by atoms with van der Waals surface area (Å²) >= 11 is 0. The van der Waals surface area contributed by atoms with Gasteiger partial charge < -0.3 is 9.67 Å². The number of carbonyl (C=O) groups excluding carboxylic acids is 1. The molecule has 3 heteroatoms. The lowest BCUT2D eigenvalue weighted by atomic mass is 9.85.